The van der Waals surface area contributed by atoms with Crippen molar-refractivity contribution < 1.29 is 20.4 Å². The van der Waals surface area contributed by atoms with Gasteiger partial charge in [0.2, 0.25) is 0 Å². The Kier molecular flexibility index (Phi) is 11.0. The Morgan fingerprint density at radius 3 is 2.62 bits per heavy atom. The van der Waals surface area contributed by atoms with E-state index in [4.69, 9.17) is 0 Å². The molecule has 0 aromatic heterocycles. The van der Waals surface area contributed by atoms with Crippen molar-refractivity contribution in [2.75, 3.05) is 13.2 Å². The topological polar surface area (TPSA) is 84.2 Å². The summed E-state index contributed by atoms with van der Waals surface area (Å²) in [4.78, 5) is 2.40. The lowest BCUT2D eigenvalue weighted by atomic mass is 9.95. The van der Waals surface area contributed by atoms with Gasteiger partial charge >= 0.3 is 0 Å². The number of aryl methyl sites for hydroxylation is 1. The lowest BCUT2D eigenvalue weighted by molar-refractivity contribution is 0.0649. The molecular formula is C24H41NO4. The molecule has 1 aromatic rings. The third-order valence-electron chi connectivity index (χ3n) is 6.37. The molecule has 0 amide bonds. The number of hydrogen-bond donors (Lipinski definition) is 4. The number of phenols is 1. The molecule has 4 N–H and O–H groups in total. The van der Waals surface area contributed by atoms with Crippen LogP contribution in [0, 0.1) is 0 Å². The number of nitrogens with zero attached hydrogens (tertiary/aromatic N) is 1. The lowest BCUT2D eigenvalue weighted by Gasteiger charge is -2.34. The standard InChI is InChI=1S/C24H41NO4/c1-2-3-4-5-6-9-23(28)16-21(25-14-7-8-22(25)18-27)12-10-19-11-13-24(29)20(15-19)17-26/h11,13,15,21-23,26-29H,2-10,12,14,16-18H2,1H3. The van der Waals surface area contributed by atoms with Gasteiger partial charge in [-0.15, -0.1) is 0 Å². The van der Waals surface area contributed by atoms with Crippen LogP contribution in [0.4, 0.5) is 0 Å². The van der Waals surface area contributed by atoms with Gasteiger partial charge < -0.3 is 20.4 Å². The zero-order valence-electron chi connectivity index (χ0n) is 18.1. The third kappa shape index (κ3) is 7.89. The quantitative estimate of drug-likeness (QED) is 0.353. The van der Waals surface area contributed by atoms with E-state index in [1.54, 1.807) is 6.07 Å². The molecule has 3 atom stereocenters. The molecular weight excluding hydrogens is 366 g/mol. The van der Waals surface area contributed by atoms with Gasteiger partial charge in [0, 0.05) is 17.6 Å². The minimum Gasteiger partial charge on any atom is -0.508 e. The van der Waals surface area contributed by atoms with Gasteiger partial charge in [-0.05, 0) is 62.8 Å². The van der Waals surface area contributed by atoms with Gasteiger partial charge in [-0.3, -0.25) is 4.90 Å². The molecule has 1 aliphatic rings. The summed E-state index contributed by atoms with van der Waals surface area (Å²) in [6.07, 6.45) is 11.2. The Labute approximate surface area is 176 Å². The summed E-state index contributed by atoms with van der Waals surface area (Å²) in [7, 11) is 0. The largest absolute Gasteiger partial charge is 0.508 e. The Morgan fingerprint density at radius 1 is 1.10 bits per heavy atom. The maximum atomic E-state index is 10.7. The number of aliphatic hydroxyl groups is 3. The van der Waals surface area contributed by atoms with Crippen molar-refractivity contribution >= 4 is 0 Å². The Balaban J connectivity index is 1.94. The number of hydrogen-bond acceptors (Lipinski definition) is 5. The molecule has 1 saturated heterocycles. The molecule has 5 heteroatoms. The molecule has 1 heterocycles. The average molecular weight is 408 g/mol. The first kappa shape index (κ1) is 24.1. The van der Waals surface area contributed by atoms with Crippen LogP contribution in [0.15, 0.2) is 18.2 Å². The highest BCUT2D eigenvalue weighted by molar-refractivity contribution is 5.35. The van der Waals surface area contributed by atoms with E-state index in [-0.39, 0.29) is 37.2 Å². The first-order valence-electron chi connectivity index (χ1n) is 11.5. The Morgan fingerprint density at radius 2 is 1.90 bits per heavy atom. The predicted octanol–water partition coefficient (Wildman–Crippen LogP) is 3.75. The SMILES string of the molecule is CCCCCCCC(O)CC(CCc1ccc(O)c(CO)c1)N1CCCC1CO. The first-order chi connectivity index (χ1) is 14.1. The van der Waals surface area contributed by atoms with Crippen molar-refractivity contribution in [2.24, 2.45) is 0 Å². The molecule has 1 fully saturated rings. The molecule has 0 radical (unpaired) electrons. The highest BCUT2D eigenvalue weighted by Gasteiger charge is 2.31. The molecule has 0 spiro atoms. The average Bonchev–Trinajstić information content (AvgIpc) is 3.20. The molecule has 5 nitrogen and oxygen atoms in total. The molecule has 0 bridgehead atoms. The zero-order chi connectivity index (χ0) is 21.1. The summed E-state index contributed by atoms with van der Waals surface area (Å²) in [6, 6.07) is 5.86. The van der Waals surface area contributed by atoms with E-state index >= 15 is 0 Å². The number of rotatable bonds is 14. The van der Waals surface area contributed by atoms with Crippen molar-refractivity contribution in [3.8, 4) is 5.75 Å². The van der Waals surface area contributed by atoms with Crippen molar-refractivity contribution in [2.45, 2.75) is 102 Å². The van der Waals surface area contributed by atoms with Gasteiger partial charge in [0.1, 0.15) is 5.75 Å². The second-order valence-electron chi connectivity index (χ2n) is 8.62. The fraction of sp³-hybridized carbons (Fsp3) is 0.750. The molecule has 0 aliphatic carbocycles. The monoisotopic (exact) mass is 407 g/mol. The zero-order valence-corrected chi connectivity index (χ0v) is 18.1. The first-order valence-corrected chi connectivity index (χ1v) is 11.5. The summed E-state index contributed by atoms with van der Waals surface area (Å²) >= 11 is 0. The Hall–Kier alpha value is -1.14. The third-order valence-corrected chi connectivity index (χ3v) is 6.37. The normalized spacial score (nSPS) is 19.5. The van der Waals surface area contributed by atoms with E-state index in [9.17, 15) is 20.4 Å². The van der Waals surface area contributed by atoms with Crippen LogP contribution in [0.5, 0.6) is 5.75 Å². The fourth-order valence-corrected chi connectivity index (χ4v) is 4.62. The molecule has 2 rings (SSSR count). The van der Waals surface area contributed by atoms with E-state index in [2.05, 4.69) is 11.8 Å². The van der Waals surface area contributed by atoms with E-state index in [0.29, 0.717) is 5.56 Å². The molecule has 1 aliphatic heterocycles. The summed E-state index contributed by atoms with van der Waals surface area (Å²) in [5.74, 6) is 0.131. The molecule has 29 heavy (non-hydrogen) atoms. The van der Waals surface area contributed by atoms with Crippen molar-refractivity contribution in [1.29, 1.82) is 0 Å². The van der Waals surface area contributed by atoms with Crippen LogP contribution in [0.25, 0.3) is 0 Å². The highest BCUT2D eigenvalue weighted by Crippen LogP contribution is 2.27. The number of aliphatic hydroxyl groups excluding tert-OH is 3. The van der Waals surface area contributed by atoms with Crippen LogP contribution in [-0.2, 0) is 13.0 Å². The Bertz CT molecular complexity index is 580. The number of unbranched alkanes of at least 4 members (excludes halogenated alkanes) is 4. The van der Waals surface area contributed by atoms with Crippen molar-refractivity contribution in [1.82, 2.24) is 4.90 Å². The predicted molar refractivity (Wildman–Crippen MR) is 117 cm³/mol. The summed E-state index contributed by atoms with van der Waals surface area (Å²) in [6.45, 7) is 3.21. The van der Waals surface area contributed by atoms with Gasteiger partial charge in [-0.2, -0.15) is 0 Å². The molecule has 166 valence electrons. The summed E-state index contributed by atoms with van der Waals surface area (Å²) in [5.41, 5.74) is 1.64. The van der Waals surface area contributed by atoms with Gasteiger partial charge in [-0.1, -0.05) is 45.1 Å². The lowest BCUT2D eigenvalue weighted by Crippen LogP contribution is -2.43. The van der Waals surface area contributed by atoms with E-state index < -0.39 is 0 Å². The molecule has 0 saturated carbocycles. The van der Waals surface area contributed by atoms with Gasteiger partial charge in [0.15, 0.2) is 0 Å². The van der Waals surface area contributed by atoms with E-state index in [1.807, 2.05) is 12.1 Å². The minimum absolute atomic E-state index is 0.131. The smallest absolute Gasteiger partial charge is 0.121 e. The van der Waals surface area contributed by atoms with Gasteiger partial charge in [0.05, 0.1) is 19.3 Å². The maximum Gasteiger partial charge on any atom is 0.121 e. The molecule has 1 aromatic carbocycles. The highest BCUT2D eigenvalue weighted by atomic mass is 16.3. The van der Waals surface area contributed by atoms with Gasteiger partial charge in [-0.25, -0.2) is 0 Å². The minimum atomic E-state index is -0.297. The van der Waals surface area contributed by atoms with Crippen molar-refractivity contribution in [3.05, 3.63) is 29.3 Å². The van der Waals surface area contributed by atoms with Crippen LogP contribution in [0.3, 0.4) is 0 Å². The van der Waals surface area contributed by atoms with E-state index in [1.165, 1.54) is 25.7 Å². The van der Waals surface area contributed by atoms with Crippen LogP contribution in [0.1, 0.15) is 82.3 Å². The maximum absolute atomic E-state index is 10.7. The van der Waals surface area contributed by atoms with Gasteiger partial charge in [0.25, 0.3) is 0 Å². The summed E-state index contributed by atoms with van der Waals surface area (Å²) < 4.78 is 0. The molecule has 3 unspecified atom stereocenters. The van der Waals surface area contributed by atoms with Crippen LogP contribution >= 0.6 is 0 Å². The van der Waals surface area contributed by atoms with Crippen LogP contribution < -0.4 is 0 Å². The number of benzene rings is 1. The number of aromatic hydroxyl groups is 1. The second-order valence-corrected chi connectivity index (χ2v) is 8.62. The summed E-state index contributed by atoms with van der Waals surface area (Å²) in [5, 5.41) is 39.6. The van der Waals surface area contributed by atoms with Crippen LogP contribution in [0.2, 0.25) is 0 Å². The number of likely N-dealkylation sites (tertiary alicyclic amines) is 1. The fourth-order valence-electron chi connectivity index (χ4n) is 4.62. The van der Waals surface area contributed by atoms with Crippen LogP contribution in [-0.4, -0.2) is 56.7 Å². The van der Waals surface area contributed by atoms with Crippen molar-refractivity contribution in [3.63, 3.8) is 0 Å². The second kappa shape index (κ2) is 13.2. The van der Waals surface area contributed by atoms with E-state index in [0.717, 1.165) is 57.1 Å².